The first-order valence-electron chi connectivity index (χ1n) is 6.73. The Morgan fingerprint density at radius 3 is 2.76 bits per heavy atom. The summed E-state index contributed by atoms with van der Waals surface area (Å²) in [6.07, 6.45) is 0. The lowest BCUT2D eigenvalue weighted by molar-refractivity contribution is -0.123. The number of aromatic hydroxyl groups is 1. The van der Waals surface area contributed by atoms with Gasteiger partial charge >= 0.3 is 0 Å². The summed E-state index contributed by atoms with van der Waals surface area (Å²) in [5.74, 6) is 0.158. The Balaban J connectivity index is 0.00000220. The molecule has 0 aliphatic carbocycles. The zero-order valence-electron chi connectivity index (χ0n) is 11.8. The maximum absolute atomic E-state index is 11.6. The smallest absolute Gasteiger partial charge is 0.257 e. The molecule has 1 aliphatic heterocycles. The van der Waals surface area contributed by atoms with Crippen LogP contribution in [-0.4, -0.2) is 61.9 Å². The molecule has 1 aromatic rings. The van der Waals surface area contributed by atoms with Crippen LogP contribution >= 0.6 is 12.4 Å². The van der Waals surface area contributed by atoms with E-state index in [0.29, 0.717) is 12.3 Å². The maximum Gasteiger partial charge on any atom is 0.257 e. The fourth-order valence-corrected chi connectivity index (χ4v) is 1.95. The lowest BCUT2D eigenvalue weighted by Gasteiger charge is -2.26. The molecule has 1 aliphatic rings. The Kier molecular flexibility index (Phi) is 7.89. The van der Waals surface area contributed by atoms with Crippen LogP contribution in [0.3, 0.4) is 0 Å². The van der Waals surface area contributed by atoms with Crippen molar-refractivity contribution in [1.29, 1.82) is 0 Å². The molecule has 1 amide bonds. The van der Waals surface area contributed by atoms with Gasteiger partial charge < -0.3 is 19.9 Å². The largest absolute Gasteiger partial charge is 0.504 e. The van der Waals surface area contributed by atoms with Crippen LogP contribution in [0.4, 0.5) is 0 Å². The van der Waals surface area contributed by atoms with E-state index in [1.807, 2.05) is 0 Å². The molecule has 1 heterocycles. The number of phenols is 1. The first-order chi connectivity index (χ1) is 9.75. The molecule has 1 aromatic carbocycles. The highest BCUT2D eigenvalue weighted by atomic mass is 35.5. The van der Waals surface area contributed by atoms with E-state index in [1.165, 1.54) is 6.07 Å². The van der Waals surface area contributed by atoms with Crippen LogP contribution in [0.15, 0.2) is 24.3 Å². The van der Waals surface area contributed by atoms with Crippen molar-refractivity contribution in [2.24, 2.45) is 0 Å². The van der Waals surface area contributed by atoms with Crippen LogP contribution in [0, 0.1) is 0 Å². The number of carbonyl (C=O) groups is 1. The molecule has 0 aromatic heterocycles. The van der Waals surface area contributed by atoms with Crippen molar-refractivity contribution < 1.29 is 19.4 Å². The summed E-state index contributed by atoms with van der Waals surface area (Å²) >= 11 is 0. The van der Waals surface area contributed by atoms with Gasteiger partial charge in [0.05, 0.1) is 13.2 Å². The van der Waals surface area contributed by atoms with Crippen molar-refractivity contribution in [3.05, 3.63) is 24.3 Å². The number of nitrogens with one attached hydrogen (secondary N) is 1. The predicted octanol–water partition coefficient (Wildman–Crippen LogP) is 0.641. The summed E-state index contributed by atoms with van der Waals surface area (Å²) in [6.45, 7) is 4.62. The molecule has 0 atom stereocenters. The monoisotopic (exact) mass is 316 g/mol. The summed E-state index contributed by atoms with van der Waals surface area (Å²) in [7, 11) is 0. The minimum absolute atomic E-state index is 0. The van der Waals surface area contributed by atoms with Crippen LogP contribution < -0.4 is 10.1 Å². The second-order valence-electron chi connectivity index (χ2n) is 4.56. The SMILES string of the molecule is Cl.O=C(COc1ccccc1O)NCCN1CCOCC1. The molecule has 0 radical (unpaired) electrons. The third-order valence-electron chi connectivity index (χ3n) is 3.08. The van der Waals surface area contributed by atoms with Gasteiger partial charge in [-0.05, 0) is 12.1 Å². The van der Waals surface area contributed by atoms with Gasteiger partial charge in [0.1, 0.15) is 0 Å². The third-order valence-corrected chi connectivity index (χ3v) is 3.08. The lowest BCUT2D eigenvalue weighted by atomic mass is 10.3. The van der Waals surface area contributed by atoms with Crippen LogP contribution in [0.2, 0.25) is 0 Å². The lowest BCUT2D eigenvalue weighted by Crippen LogP contribution is -2.42. The number of hydrogen-bond donors (Lipinski definition) is 2. The van der Waals surface area contributed by atoms with Crippen LogP contribution in [0.5, 0.6) is 11.5 Å². The van der Waals surface area contributed by atoms with Crippen molar-refractivity contribution in [2.45, 2.75) is 0 Å². The summed E-state index contributed by atoms with van der Waals surface area (Å²) in [6, 6.07) is 6.58. The second-order valence-corrected chi connectivity index (χ2v) is 4.56. The number of para-hydroxylation sites is 2. The topological polar surface area (TPSA) is 71.0 Å². The third kappa shape index (κ3) is 6.20. The highest BCUT2D eigenvalue weighted by Gasteiger charge is 2.10. The highest BCUT2D eigenvalue weighted by molar-refractivity contribution is 5.85. The predicted molar refractivity (Wildman–Crippen MR) is 81.1 cm³/mol. The van der Waals surface area contributed by atoms with E-state index in [1.54, 1.807) is 18.2 Å². The van der Waals surface area contributed by atoms with Gasteiger partial charge in [0, 0.05) is 26.2 Å². The number of amides is 1. The number of benzene rings is 1. The van der Waals surface area contributed by atoms with E-state index < -0.39 is 0 Å². The van der Waals surface area contributed by atoms with Crippen molar-refractivity contribution in [3.8, 4) is 11.5 Å². The normalized spacial score (nSPS) is 15.0. The molecule has 0 unspecified atom stereocenters. The average molecular weight is 317 g/mol. The number of halogens is 1. The fraction of sp³-hybridized carbons (Fsp3) is 0.500. The molecule has 2 rings (SSSR count). The number of phenolic OH excluding ortho intramolecular Hbond substituents is 1. The van der Waals surface area contributed by atoms with Crippen LogP contribution in [0.1, 0.15) is 0 Å². The zero-order chi connectivity index (χ0) is 14.2. The molecular formula is C14H21ClN2O4. The summed E-state index contributed by atoms with van der Waals surface area (Å²) < 4.78 is 10.5. The van der Waals surface area contributed by atoms with Crippen molar-refractivity contribution >= 4 is 18.3 Å². The molecule has 1 fully saturated rings. The Morgan fingerprint density at radius 2 is 2.05 bits per heavy atom. The second kappa shape index (κ2) is 9.44. The van der Waals surface area contributed by atoms with Crippen LogP contribution in [-0.2, 0) is 9.53 Å². The first-order valence-corrected chi connectivity index (χ1v) is 6.73. The Hall–Kier alpha value is -1.50. The van der Waals surface area contributed by atoms with Gasteiger partial charge in [-0.15, -0.1) is 12.4 Å². The molecule has 0 spiro atoms. The maximum atomic E-state index is 11.6. The quantitative estimate of drug-likeness (QED) is 0.806. The summed E-state index contributed by atoms with van der Waals surface area (Å²) in [5.41, 5.74) is 0. The van der Waals surface area contributed by atoms with Gasteiger partial charge in [-0.25, -0.2) is 0 Å². The number of morpholine rings is 1. The average Bonchev–Trinajstić information content (AvgIpc) is 2.47. The molecule has 1 saturated heterocycles. The summed E-state index contributed by atoms with van der Waals surface area (Å²) in [5, 5.41) is 12.3. The summed E-state index contributed by atoms with van der Waals surface area (Å²) in [4.78, 5) is 13.9. The number of carbonyl (C=O) groups excluding carboxylic acids is 1. The van der Waals surface area contributed by atoms with E-state index in [-0.39, 0.29) is 30.7 Å². The van der Waals surface area contributed by atoms with E-state index in [4.69, 9.17) is 9.47 Å². The standard InChI is InChI=1S/C14H20N2O4.ClH/c17-12-3-1-2-4-13(12)20-11-14(18)15-5-6-16-7-9-19-10-8-16;/h1-4,17H,5-11H2,(H,15,18);1H. The molecule has 21 heavy (non-hydrogen) atoms. The van der Waals surface area contributed by atoms with Crippen molar-refractivity contribution in [1.82, 2.24) is 10.2 Å². The number of hydrogen-bond acceptors (Lipinski definition) is 5. The van der Waals surface area contributed by atoms with Gasteiger partial charge in [-0.1, -0.05) is 12.1 Å². The molecule has 6 nitrogen and oxygen atoms in total. The minimum atomic E-state index is -0.193. The van der Waals surface area contributed by atoms with Gasteiger partial charge in [-0.3, -0.25) is 9.69 Å². The van der Waals surface area contributed by atoms with Gasteiger partial charge in [0.25, 0.3) is 5.91 Å². The van der Waals surface area contributed by atoms with E-state index in [9.17, 15) is 9.90 Å². The molecule has 118 valence electrons. The van der Waals surface area contributed by atoms with Gasteiger partial charge in [-0.2, -0.15) is 0 Å². The number of rotatable bonds is 6. The minimum Gasteiger partial charge on any atom is -0.504 e. The highest BCUT2D eigenvalue weighted by Crippen LogP contribution is 2.23. The van der Waals surface area contributed by atoms with Gasteiger partial charge in [0.2, 0.25) is 0 Å². The van der Waals surface area contributed by atoms with Crippen molar-refractivity contribution in [2.75, 3.05) is 46.0 Å². The van der Waals surface area contributed by atoms with E-state index in [2.05, 4.69) is 10.2 Å². The fourth-order valence-electron chi connectivity index (χ4n) is 1.95. The molecule has 7 heteroatoms. The molecule has 0 bridgehead atoms. The van der Waals surface area contributed by atoms with E-state index >= 15 is 0 Å². The first kappa shape index (κ1) is 17.6. The van der Waals surface area contributed by atoms with Crippen LogP contribution in [0.25, 0.3) is 0 Å². The Bertz CT molecular complexity index is 439. The zero-order valence-corrected chi connectivity index (χ0v) is 12.6. The molecule has 0 saturated carbocycles. The Labute approximate surface area is 130 Å². The van der Waals surface area contributed by atoms with E-state index in [0.717, 1.165) is 32.8 Å². The van der Waals surface area contributed by atoms with Gasteiger partial charge in [0.15, 0.2) is 18.1 Å². The molecule has 2 N–H and O–H groups in total. The Morgan fingerprint density at radius 1 is 1.33 bits per heavy atom. The van der Waals surface area contributed by atoms with Crippen molar-refractivity contribution in [3.63, 3.8) is 0 Å². The number of ether oxygens (including phenoxy) is 2. The number of nitrogens with zero attached hydrogens (tertiary/aromatic N) is 1. The molecular weight excluding hydrogens is 296 g/mol.